The first kappa shape index (κ1) is 15.7. The van der Waals surface area contributed by atoms with E-state index >= 15 is 0 Å². The summed E-state index contributed by atoms with van der Waals surface area (Å²) in [6.45, 7) is 5.34. The first-order chi connectivity index (χ1) is 9.94. The van der Waals surface area contributed by atoms with Crippen LogP contribution in [0.4, 0.5) is 5.69 Å². The number of hydrogen-bond acceptors (Lipinski definition) is 4. The number of sulfonamides is 1. The minimum atomic E-state index is -3.46. The van der Waals surface area contributed by atoms with Crippen LogP contribution in [0.25, 0.3) is 0 Å². The van der Waals surface area contributed by atoms with Crippen molar-refractivity contribution < 1.29 is 13.2 Å². The van der Waals surface area contributed by atoms with Crippen LogP contribution in [0.15, 0.2) is 40.3 Å². The number of hydrogen-bond donors (Lipinski definition) is 3. The van der Waals surface area contributed by atoms with Crippen molar-refractivity contribution in [1.29, 1.82) is 0 Å². The highest BCUT2D eigenvalue weighted by Gasteiger charge is 2.16. The largest absolute Gasteiger partial charge is 0.322 e. The van der Waals surface area contributed by atoms with Crippen LogP contribution >= 0.6 is 0 Å². The van der Waals surface area contributed by atoms with Gasteiger partial charge in [0, 0.05) is 30.9 Å². The Balaban J connectivity index is 2.08. The van der Waals surface area contributed by atoms with E-state index in [0.717, 1.165) is 18.7 Å². The third kappa shape index (κ3) is 3.69. The fourth-order valence-corrected chi connectivity index (χ4v) is 2.93. The number of anilines is 1. The Bertz CT molecular complexity index is 657. The van der Waals surface area contributed by atoms with Crippen LogP contribution < -0.4 is 15.4 Å². The molecule has 1 heterocycles. The maximum absolute atomic E-state index is 12.0. The minimum Gasteiger partial charge on any atom is -0.322 e. The van der Waals surface area contributed by atoms with E-state index < -0.39 is 10.0 Å². The molecule has 1 aliphatic rings. The summed E-state index contributed by atoms with van der Waals surface area (Å²) in [6.07, 6.45) is 0. The van der Waals surface area contributed by atoms with Gasteiger partial charge in [0.2, 0.25) is 10.0 Å². The van der Waals surface area contributed by atoms with Crippen LogP contribution in [0.2, 0.25) is 0 Å². The van der Waals surface area contributed by atoms with Gasteiger partial charge in [-0.1, -0.05) is 6.92 Å². The van der Waals surface area contributed by atoms with Gasteiger partial charge < -0.3 is 10.6 Å². The second-order valence-corrected chi connectivity index (χ2v) is 6.58. The monoisotopic (exact) mass is 309 g/mol. The molecule has 1 fully saturated rings. The van der Waals surface area contributed by atoms with Crippen molar-refractivity contribution in [1.82, 2.24) is 10.0 Å². The molecule has 1 amide bonds. The molecular weight excluding hydrogens is 290 g/mol. The van der Waals surface area contributed by atoms with Gasteiger partial charge in [-0.2, -0.15) is 0 Å². The lowest BCUT2D eigenvalue weighted by Crippen LogP contribution is -2.36. The van der Waals surface area contributed by atoms with E-state index in [9.17, 15) is 13.2 Å². The van der Waals surface area contributed by atoms with Crippen molar-refractivity contribution in [2.75, 3.05) is 25.0 Å². The van der Waals surface area contributed by atoms with E-state index in [1.165, 1.54) is 12.1 Å². The number of amides is 1. The lowest BCUT2D eigenvalue weighted by atomic mass is 10.0. The maximum Gasteiger partial charge on any atom is 0.251 e. The average molecular weight is 309 g/mol. The minimum absolute atomic E-state index is 0.159. The summed E-state index contributed by atoms with van der Waals surface area (Å²) < 4.78 is 26.0. The standard InChI is InChI=1S/C14H19N3O3S/c1-3-16-21(19,20)13-6-4-12(5-7-13)17-14(18)10(2)11-8-15-9-11/h4-7,15-16H,3,8-9H2,1-2H3,(H,17,18). The first-order valence-corrected chi connectivity index (χ1v) is 8.23. The number of benzene rings is 1. The fraction of sp³-hybridized carbons (Fsp3) is 0.357. The lowest BCUT2D eigenvalue weighted by molar-refractivity contribution is -0.112. The van der Waals surface area contributed by atoms with Crippen molar-refractivity contribution in [3.05, 3.63) is 35.4 Å². The van der Waals surface area contributed by atoms with Crippen LogP contribution in [0, 0.1) is 0 Å². The number of carbonyl (C=O) groups is 1. The molecule has 0 radical (unpaired) electrons. The van der Waals surface area contributed by atoms with E-state index in [4.69, 9.17) is 0 Å². The molecule has 0 aliphatic carbocycles. The molecule has 0 unspecified atom stereocenters. The zero-order chi connectivity index (χ0) is 15.5. The van der Waals surface area contributed by atoms with Crippen molar-refractivity contribution in [2.24, 2.45) is 0 Å². The van der Waals surface area contributed by atoms with Gasteiger partial charge in [0.1, 0.15) is 0 Å². The molecule has 3 N–H and O–H groups in total. The third-order valence-electron chi connectivity index (χ3n) is 3.30. The molecule has 0 aromatic heterocycles. The molecule has 1 saturated heterocycles. The molecule has 114 valence electrons. The summed E-state index contributed by atoms with van der Waals surface area (Å²) in [5, 5.41) is 5.85. The van der Waals surface area contributed by atoms with Crippen LogP contribution in [0.5, 0.6) is 0 Å². The van der Waals surface area contributed by atoms with Gasteiger partial charge >= 0.3 is 0 Å². The molecule has 1 aromatic carbocycles. The molecule has 21 heavy (non-hydrogen) atoms. The molecular formula is C14H19N3O3S. The summed E-state index contributed by atoms with van der Waals surface area (Å²) in [5.74, 6) is -0.159. The van der Waals surface area contributed by atoms with Gasteiger partial charge in [-0.05, 0) is 36.8 Å². The Labute approximate surface area is 124 Å². The predicted octanol–water partition coefficient (Wildman–Crippen LogP) is 0.843. The van der Waals surface area contributed by atoms with Crippen LogP contribution in [0.1, 0.15) is 13.8 Å². The van der Waals surface area contributed by atoms with Crippen molar-refractivity contribution in [2.45, 2.75) is 18.7 Å². The summed E-state index contributed by atoms with van der Waals surface area (Å²) in [7, 11) is -3.46. The average Bonchev–Trinajstić information content (AvgIpc) is 2.37. The highest BCUT2D eigenvalue weighted by atomic mass is 32.2. The second-order valence-electron chi connectivity index (χ2n) is 4.81. The summed E-state index contributed by atoms with van der Waals surface area (Å²) in [4.78, 5) is 12.2. The van der Waals surface area contributed by atoms with Gasteiger partial charge in [0.15, 0.2) is 0 Å². The molecule has 0 bridgehead atoms. The molecule has 0 saturated carbocycles. The smallest absolute Gasteiger partial charge is 0.251 e. The second kappa shape index (κ2) is 6.38. The Morgan fingerprint density at radius 2 is 1.86 bits per heavy atom. The van der Waals surface area contributed by atoms with Gasteiger partial charge in [0.05, 0.1) is 4.90 Å². The van der Waals surface area contributed by atoms with Gasteiger partial charge in [-0.25, -0.2) is 13.1 Å². The molecule has 1 aliphatic heterocycles. The zero-order valence-corrected chi connectivity index (χ0v) is 12.9. The van der Waals surface area contributed by atoms with Gasteiger partial charge in [-0.3, -0.25) is 4.79 Å². The van der Waals surface area contributed by atoms with Crippen molar-refractivity contribution in [3.63, 3.8) is 0 Å². The van der Waals surface area contributed by atoms with Gasteiger partial charge in [-0.15, -0.1) is 0 Å². The predicted molar refractivity (Wildman–Crippen MR) is 81.5 cm³/mol. The Morgan fingerprint density at radius 3 is 2.33 bits per heavy atom. The van der Waals surface area contributed by atoms with E-state index in [2.05, 4.69) is 15.4 Å². The number of rotatable bonds is 5. The van der Waals surface area contributed by atoms with E-state index in [0.29, 0.717) is 17.8 Å². The topological polar surface area (TPSA) is 87.3 Å². The molecule has 7 heteroatoms. The third-order valence-corrected chi connectivity index (χ3v) is 4.87. The summed E-state index contributed by atoms with van der Waals surface area (Å²) >= 11 is 0. The summed E-state index contributed by atoms with van der Waals surface area (Å²) in [6, 6.07) is 6.11. The normalized spacial score (nSPS) is 14.5. The fourth-order valence-electron chi connectivity index (χ4n) is 1.89. The highest BCUT2D eigenvalue weighted by molar-refractivity contribution is 7.89. The molecule has 0 spiro atoms. The van der Waals surface area contributed by atoms with Crippen LogP contribution in [0.3, 0.4) is 0 Å². The van der Waals surface area contributed by atoms with Crippen LogP contribution in [-0.2, 0) is 14.8 Å². The maximum atomic E-state index is 12.0. The molecule has 1 aromatic rings. The van der Waals surface area contributed by atoms with E-state index in [1.54, 1.807) is 26.0 Å². The highest BCUT2D eigenvalue weighted by Crippen LogP contribution is 2.16. The Kier molecular flexibility index (Phi) is 4.76. The molecule has 6 nitrogen and oxygen atoms in total. The van der Waals surface area contributed by atoms with Gasteiger partial charge in [0.25, 0.3) is 5.91 Å². The first-order valence-electron chi connectivity index (χ1n) is 6.74. The Morgan fingerprint density at radius 1 is 1.24 bits per heavy atom. The van der Waals surface area contributed by atoms with E-state index in [1.807, 2.05) is 0 Å². The van der Waals surface area contributed by atoms with Crippen molar-refractivity contribution in [3.8, 4) is 0 Å². The quantitative estimate of drug-likeness (QED) is 0.704. The number of nitrogens with one attached hydrogen (secondary N) is 3. The number of carbonyl (C=O) groups excluding carboxylic acids is 1. The molecule has 2 rings (SSSR count). The molecule has 0 atom stereocenters. The lowest BCUT2D eigenvalue weighted by Gasteiger charge is -2.21. The summed E-state index contributed by atoms with van der Waals surface area (Å²) in [5.41, 5.74) is 2.37. The SMILES string of the molecule is CCNS(=O)(=O)c1ccc(NC(=O)C(C)=C2CNC2)cc1. The van der Waals surface area contributed by atoms with Crippen LogP contribution in [-0.4, -0.2) is 34.0 Å². The van der Waals surface area contributed by atoms with Crippen molar-refractivity contribution >= 4 is 21.6 Å². The zero-order valence-electron chi connectivity index (χ0n) is 12.1. The Hall–Kier alpha value is -1.70. The van der Waals surface area contributed by atoms with E-state index in [-0.39, 0.29) is 10.8 Å².